The molecule has 0 amide bonds. The molecule has 7 rings (SSSR count). The monoisotopic (exact) mass is 702 g/mol. The van der Waals surface area contributed by atoms with Crippen molar-refractivity contribution in [1.29, 1.82) is 0 Å². The fourth-order valence-corrected chi connectivity index (χ4v) is 7.89. The molecule has 23 nitrogen and oxygen atoms in total. The summed E-state index contributed by atoms with van der Waals surface area (Å²) in [5, 5.41) is 11.2. The molecule has 3 saturated heterocycles. The largest absolute Gasteiger partial charge is 0.472 e. The first-order chi connectivity index (χ1) is 22.2. The molecule has 0 radical (unpaired) electrons. The fourth-order valence-electron chi connectivity index (χ4n) is 5.89. The van der Waals surface area contributed by atoms with Crippen LogP contribution in [0.2, 0.25) is 0 Å². The number of ether oxygens (including phenoxy) is 2. The lowest BCUT2D eigenvalue weighted by atomic mass is 10.0. The number of H-pyrrole nitrogens is 2. The van der Waals surface area contributed by atoms with Gasteiger partial charge in [0.25, 0.3) is 11.1 Å². The van der Waals surface area contributed by atoms with Gasteiger partial charge in [-0.1, -0.05) is 6.92 Å². The van der Waals surface area contributed by atoms with E-state index in [-0.39, 0.29) is 40.6 Å². The number of aromatic amines is 2. The molecular formula is C22H28N10O13P2. The van der Waals surface area contributed by atoms with Crippen LogP contribution in [0.25, 0.3) is 22.3 Å². The minimum atomic E-state index is -4.94. The van der Waals surface area contributed by atoms with Crippen molar-refractivity contribution >= 4 is 49.9 Å². The molecule has 0 aliphatic carbocycles. The average Bonchev–Trinajstić information content (AvgIpc) is 3.73. The zero-order valence-electron chi connectivity index (χ0n) is 24.1. The predicted octanol–water partition coefficient (Wildman–Crippen LogP) is -1.38. The molecule has 254 valence electrons. The summed E-state index contributed by atoms with van der Waals surface area (Å²) in [5.41, 5.74) is 9.92. The Hall–Kier alpha value is -3.60. The number of nitrogens with two attached hydrogens (primary N) is 2. The van der Waals surface area contributed by atoms with Crippen LogP contribution in [-0.2, 0) is 36.7 Å². The van der Waals surface area contributed by atoms with Crippen LogP contribution < -0.4 is 22.6 Å². The highest BCUT2D eigenvalue weighted by Gasteiger charge is 2.52. The normalized spacial score (nSPS) is 36.9. The van der Waals surface area contributed by atoms with Gasteiger partial charge in [0.1, 0.15) is 30.6 Å². The third-order valence-corrected chi connectivity index (χ3v) is 9.98. The Balaban J connectivity index is 1.17. The minimum Gasteiger partial charge on any atom is -0.386 e. The summed E-state index contributed by atoms with van der Waals surface area (Å²) in [7, 11) is -9.87. The number of fused-ring (bicyclic) bond motifs is 4. The maximum Gasteiger partial charge on any atom is 0.472 e. The van der Waals surface area contributed by atoms with E-state index < -0.39 is 88.9 Å². The molecule has 7 heterocycles. The van der Waals surface area contributed by atoms with Crippen LogP contribution in [0, 0.1) is 5.92 Å². The number of rotatable bonds is 2. The molecule has 4 aromatic heterocycles. The van der Waals surface area contributed by atoms with Gasteiger partial charge in [-0.25, -0.2) is 19.1 Å². The smallest absolute Gasteiger partial charge is 0.386 e. The standard InChI is InChI=1S/C22H28N10O13P2/c1-7-13-8(42-19(7)31-5-25-10-15(31)27-21(23)29-17(10)34)2-3-40-46(36,37)45-14-9(4-41-47(38,39)44-13)43-20(12(14)33)32-6-26-11-16(32)28-22(24)30-18(11)35/h5-9,12-14,19-20,33H,2-4H2,1H3,(H,36,37)(H,38,39)(H3,23,27,29,34)(H3,24,28,30,35)/t7-,8+,9-,12-,13?,14?,19+,20+/m0/s1. The van der Waals surface area contributed by atoms with E-state index in [1.54, 1.807) is 6.92 Å². The van der Waals surface area contributed by atoms with Crippen molar-refractivity contribution < 1.29 is 51.6 Å². The number of nitrogens with zero attached hydrogens (tertiary/aromatic N) is 6. The van der Waals surface area contributed by atoms with Gasteiger partial charge in [0, 0.05) is 12.3 Å². The molecule has 3 fully saturated rings. The summed E-state index contributed by atoms with van der Waals surface area (Å²) >= 11 is 0. The lowest BCUT2D eigenvalue weighted by Crippen LogP contribution is -2.36. The number of aromatic nitrogens is 8. The van der Waals surface area contributed by atoms with Gasteiger partial charge in [-0.2, -0.15) is 9.97 Å². The first-order valence-corrected chi connectivity index (χ1v) is 17.0. The van der Waals surface area contributed by atoms with Crippen LogP contribution in [0.3, 0.4) is 0 Å². The Bertz CT molecular complexity index is 2070. The SMILES string of the molecule is C[C@H]1C2OP(=O)(O)OC[C@@H]3O[C@@H](n4cnc5c(=O)[nH]c(N)nc54)[C@@H](O)C3OP(=O)(O)OCC[C@H]2O[C@H]1n1cnc2c(=O)[nH]c(N)nc21. The van der Waals surface area contributed by atoms with Gasteiger partial charge in [-0.05, 0) is 0 Å². The summed E-state index contributed by atoms with van der Waals surface area (Å²) in [6.45, 7) is 0.373. The van der Waals surface area contributed by atoms with Crippen molar-refractivity contribution in [2.75, 3.05) is 24.7 Å². The topological polar surface area (TPSA) is 329 Å². The third-order valence-electron chi connectivity index (χ3n) is 7.98. The van der Waals surface area contributed by atoms with Crippen LogP contribution in [-0.4, -0.2) is 97.7 Å². The Kier molecular flexibility index (Phi) is 7.84. The molecule has 4 unspecified atom stereocenters. The number of nitrogens with one attached hydrogen (secondary N) is 2. The molecular weight excluding hydrogens is 674 g/mol. The van der Waals surface area contributed by atoms with E-state index in [4.69, 9.17) is 39.0 Å². The Morgan fingerprint density at radius 2 is 1.38 bits per heavy atom. The number of imidazole rings is 2. The highest BCUT2D eigenvalue weighted by Crippen LogP contribution is 2.54. The molecule has 3 aliphatic rings. The molecule has 4 aromatic rings. The Morgan fingerprint density at radius 1 is 0.851 bits per heavy atom. The molecule has 47 heavy (non-hydrogen) atoms. The van der Waals surface area contributed by atoms with Gasteiger partial charge in [0.05, 0.1) is 32.0 Å². The van der Waals surface area contributed by atoms with Crippen molar-refractivity contribution in [3.05, 3.63) is 33.4 Å². The Morgan fingerprint density at radius 3 is 2.00 bits per heavy atom. The third kappa shape index (κ3) is 5.78. The van der Waals surface area contributed by atoms with Crippen molar-refractivity contribution in [2.24, 2.45) is 5.92 Å². The van der Waals surface area contributed by atoms with Crippen molar-refractivity contribution in [3.8, 4) is 0 Å². The van der Waals surface area contributed by atoms with Gasteiger partial charge in [-0.15, -0.1) is 0 Å². The summed E-state index contributed by atoms with van der Waals surface area (Å²) in [6.07, 6.45) is -7.18. The number of nitrogen functional groups attached to an aromatic ring is 2. The number of phosphoric ester groups is 2. The Labute approximate surface area is 261 Å². The highest BCUT2D eigenvalue weighted by molar-refractivity contribution is 7.47. The van der Waals surface area contributed by atoms with E-state index in [1.807, 2.05) is 0 Å². The number of anilines is 2. The molecule has 9 N–H and O–H groups in total. The van der Waals surface area contributed by atoms with E-state index in [2.05, 4.69) is 29.9 Å². The van der Waals surface area contributed by atoms with E-state index in [9.17, 15) is 33.6 Å². The van der Waals surface area contributed by atoms with Crippen LogP contribution in [0.4, 0.5) is 11.9 Å². The van der Waals surface area contributed by atoms with E-state index in [0.29, 0.717) is 0 Å². The van der Waals surface area contributed by atoms with Gasteiger partial charge in [0.2, 0.25) is 11.9 Å². The fraction of sp³-hybridized carbons (Fsp3) is 0.545. The number of hydrogen-bond donors (Lipinski definition) is 7. The number of phosphoric acid groups is 2. The molecule has 25 heteroatoms. The van der Waals surface area contributed by atoms with Gasteiger partial charge in [0.15, 0.2) is 28.6 Å². The van der Waals surface area contributed by atoms with E-state index in [1.165, 1.54) is 10.9 Å². The zero-order chi connectivity index (χ0) is 33.4. The number of hydrogen-bond acceptors (Lipinski definition) is 17. The molecule has 3 aliphatic heterocycles. The predicted molar refractivity (Wildman–Crippen MR) is 154 cm³/mol. The lowest BCUT2D eigenvalue weighted by molar-refractivity contribution is -0.0540. The number of aliphatic hydroxyl groups is 1. The van der Waals surface area contributed by atoms with Crippen LogP contribution >= 0.6 is 15.6 Å². The van der Waals surface area contributed by atoms with Crippen molar-refractivity contribution in [2.45, 2.75) is 56.3 Å². The second-order valence-corrected chi connectivity index (χ2v) is 13.8. The first kappa shape index (κ1) is 32.0. The summed E-state index contributed by atoms with van der Waals surface area (Å²) < 4.78 is 62.1. The minimum absolute atomic E-state index is 0.0303. The van der Waals surface area contributed by atoms with Gasteiger partial charge >= 0.3 is 15.6 Å². The lowest BCUT2D eigenvalue weighted by Gasteiger charge is -2.24. The molecule has 0 saturated carbocycles. The molecule has 0 bridgehead atoms. The highest BCUT2D eigenvalue weighted by atomic mass is 31.2. The maximum absolute atomic E-state index is 13.3. The van der Waals surface area contributed by atoms with E-state index >= 15 is 0 Å². The van der Waals surface area contributed by atoms with E-state index in [0.717, 1.165) is 10.9 Å². The number of aliphatic hydroxyl groups excluding tert-OH is 1. The zero-order valence-corrected chi connectivity index (χ0v) is 25.8. The maximum atomic E-state index is 13.3. The first-order valence-electron chi connectivity index (χ1n) is 14.0. The second-order valence-electron chi connectivity index (χ2n) is 11.0. The van der Waals surface area contributed by atoms with Crippen LogP contribution in [0.5, 0.6) is 0 Å². The van der Waals surface area contributed by atoms with Crippen LogP contribution in [0.15, 0.2) is 22.2 Å². The average molecular weight is 702 g/mol. The summed E-state index contributed by atoms with van der Waals surface area (Å²) in [5.74, 6) is -1.15. The molecule has 0 aromatic carbocycles. The van der Waals surface area contributed by atoms with Gasteiger partial charge in [-0.3, -0.25) is 46.8 Å². The van der Waals surface area contributed by atoms with Crippen molar-refractivity contribution in [3.63, 3.8) is 0 Å². The quantitative estimate of drug-likeness (QED) is 0.118. The summed E-state index contributed by atoms with van der Waals surface area (Å²) in [4.78, 5) is 66.7. The van der Waals surface area contributed by atoms with Crippen molar-refractivity contribution in [1.82, 2.24) is 39.0 Å². The molecule has 0 spiro atoms. The van der Waals surface area contributed by atoms with Gasteiger partial charge < -0.3 is 35.8 Å². The van der Waals surface area contributed by atoms with Crippen LogP contribution in [0.1, 0.15) is 25.8 Å². The second kappa shape index (κ2) is 11.5. The summed E-state index contributed by atoms with van der Waals surface area (Å²) in [6, 6.07) is 0. The molecule has 10 atom stereocenters.